The third kappa shape index (κ3) is 3.87. The molecule has 0 saturated carbocycles. The number of nitrogens with zero attached hydrogens (tertiary/aromatic N) is 1. The second-order valence-electron chi connectivity index (χ2n) is 6.69. The molecule has 0 aromatic heterocycles. The van der Waals surface area contributed by atoms with Gasteiger partial charge < -0.3 is 19.7 Å². The van der Waals surface area contributed by atoms with Crippen molar-refractivity contribution < 1.29 is 18.7 Å². The van der Waals surface area contributed by atoms with Gasteiger partial charge in [-0.2, -0.15) is 0 Å². The van der Waals surface area contributed by atoms with Crippen molar-refractivity contribution in [1.82, 2.24) is 10.2 Å². The van der Waals surface area contributed by atoms with E-state index in [0.717, 1.165) is 31.2 Å². The fourth-order valence-electron chi connectivity index (χ4n) is 3.36. The number of ether oxygens (including phenoxy) is 2. The van der Waals surface area contributed by atoms with Gasteiger partial charge in [0.15, 0.2) is 0 Å². The van der Waals surface area contributed by atoms with Crippen LogP contribution in [0.1, 0.15) is 37.3 Å². The molecule has 24 heavy (non-hydrogen) atoms. The van der Waals surface area contributed by atoms with Crippen molar-refractivity contribution in [3.63, 3.8) is 0 Å². The number of hydrogen-bond acceptors (Lipinski definition) is 4. The first-order chi connectivity index (χ1) is 11.5. The van der Waals surface area contributed by atoms with E-state index in [2.05, 4.69) is 5.32 Å². The van der Waals surface area contributed by atoms with Gasteiger partial charge in [-0.25, -0.2) is 4.39 Å². The summed E-state index contributed by atoms with van der Waals surface area (Å²) in [5.41, 5.74) is 0.993. The minimum absolute atomic E-state index is 0.0289. The molecule has 1 N–H and O–H groups in total. The maximum atomic E-state index is 13.4. The van der Waals surface area contributed by atoms with Crippen LogP contribution in [0.25, 0.3) is 0 Å². The predicted octanol–water partition coefficient (Wildman–Crippen LogP) is 2.26. The Morgan fingerprint density at radius 1 is 1.33 bits per heavy atom. The maximum absolute atomic E-state index is 13.4. The summed E-state index contributed by atoms with van der Waals surface area (Å²) in [6, 6.07) is 4.84. The molecule has 0 radical (unpaired) electrons. The number of nitrogens with one attached hydrogen (secondary N) is 1. The topological polar surface area (TPSA) is 50.8 Å². The Morgan fingerprint density at radius 2 is 2.17 bits per heavy atom. The minimum Gasteiger partial charge on any atom is -0.493 e. The number of fused-ring (bicyclic) bond motifs is 1. The molecule has 6 heteroatoms. The SMILES string of the molecule is CN(C)C(=O)[C@@H]1CC[C@@H](CN[C@H]2CCCOc3cc(F)ccc32)O1. The van der Waals surface area contributed by atoms with E-state index < -0.39 is 0 Å². The average Bonchev–Trinajstić information content (AvgIpc) is 2.94. The Balaban J connectivity index is 1.58. The number of carbonyl (C=O) groups excluding carboxylic acids is 1. The predicted molar refractivity (Wildman–Crippen MR) is 88.5 cm³/mol. The van der Waals surface area contributed by atoms with Gasteiger partial charge in [-0.15, -0.1) is 0 Å². The quantitative estimate of drug-likeness (QED) is 0.916. The number of benzene rings is 1. The van der Waals surface area contributed by atoms with E-state index in [0.29, 0.717) is 18.9 Å². The first kappa shape index (κ1) is 17.2. The molecule has 2 aliphatic rings. The molecular weight excluding hydrogens is 311 g/mol. The van der Waals surface area contributed by atoms with E-state index in [9.17, 15) is 9.18 Å². The van der Waals surface area contributed by atoms with Crippen LogP contribution >= 0.6 is 0 Å². The first-order valence-electron chi connectivity index (χ1n) is 8.57. The number of amides is 1. The van der Waals surface area contributed by atoms with Crippen molar-refractivity contribution in [3.05, 3.63) is 29.6 Å². The van der Waals surface area contributed by atoms with Gasteiger partial charge in [0.05, 0.1) is 12.7 Å². The van der Waals surface area contributed by atoms with Crippen LogP contribution in [0.4, 0.5) is 4.39 Å². The third-order valence-electron chi connectivity index (χ3n) is 4.66. The van der Waals surface area contributed by atoms with Crippen molar-refractivity contribution in [2.45, 2.75) is 43.9 Å². The number of hydrogen-bond donors (Lipinski definition) is 1. The van der Waals surface area contributed by atoms with E-state index in [1.165, 1.54) is 12.1 Å². The lowest BCUT2D eigenvalue weighted by Gasteiger charge is -2.21. The van der Waals surface area contributed by atoms with Crippen molar-refractivity contribution in [1.29, 1.82) is 0 Å². The van der Waals surface area contributed by atoms with Gasteiger partial charge >= 0.3 is 0 Å². The number of rotatable bonds is 4. The van der Waals surface area contributed by atoms with E-state index in [-0.39, 0.29) is 30.0 Å². The molecule has 2 heterocycles. The van der Waals surface area contributed by atoms with Crippen LogP contribution in [0.3, 0.4) is 0 Å². The lowest BCUT2D eigenvalue weighted by atomic mass is 10.0. The van der Waals surface area contributed by atoms with Gasteiger partial charge in [0.25, 0.3) is 5.91 Å². The fraction of sp³-hybridized carbons (Fsp3) is 0.611. The zero-order valence-electron chi connectivity index (χ0n) is 14.3. The van der Waals surface area contributed by atoms with Gasteiger partial charge in [0.2, 0.25) is 0 Å². The van der Waals surface area contributed by atoms with Crippen molar-refractivity contribution in [3.8, 4) is 5.75 Å². The summed E-state index contributed by atoms with van der Waals surface area (Å²) in [7, 11) is 3.50. The molecule has 1 amide bonds. The highest BCUT2D eigenvalue weighted by Crippen LogP contribution is 2.32. The molecule has 0 unspecified atom stereocenters. The Labute approximate surface area is 142 Å². The Bertz CT molecular complexity index is 594. The normalized spacial score (nSPS) is 26.4. The van der Waals surface area contributed by atoms with Gasteiger partial charge in [0, 0.05) is 38.3 Å². The van der Waals surface area contributed by atoms with Gasteiger partial charge in [0.1, 0.15) is 17.7 Å². The molecule has 1 aromatic carbocycles. The van der Waals surface area contributed by atoms with Crippen LogP contribution in [-0.4, -0.2) is 50.3 Å². The van der Waals surface area contributed by atoms with Crippen LogP contribution in [0.2, 0.25) is 0 Å². The maximum Gasteiger partial charge on any atom is 0.251 e. The standard InChI is InChI=1S/C18H25FN2O3/c1-21(2)18(22)16-8-6-13(24-16)11-20-15-4-3-9-23-17-10-12(19)5-7-14(15)17/h5,7,10,13,15-16,20H,3-4,6,8-9,11H2,1-2H3/t13-,15-,16-/m0/s1. The molecule has 5 nitrogen and oxygen atoms in total. The highest BCUT2D eigenvalue weighted by molar-refractivity contribution is 5.80. The largest absolute Gasteiger partial charge is 0.493 e. The highest BCUT2D eigenvalue weighted by Gasteiger charge is 2.32. The lowest BCUT2D eigenvalue weighted by Crippen LogP contribution is -2.35. The van der Waals surface area contributed by atoms with E-state index in [1.807, 2.05) is 0 Å². The molecule has 0 bridgehead atoms. The van der Waals surface area contributed by atoms with Crippen LogP contribution in [-0.2, 0) is 9.53 Å². The number of carbonyl (C=O) groups is 1. The Kier molecular flexibility index (Phi) is 5.36. The second-order valence-corrected chi connectivity index (χ2v) is 6.69. The molecule has 3 rings (SSSR count). The molecule has 3 atom stereocenters. The van der Waals surface area contributed by atoms with E-state index in [1.54, 1.807) is 25.1 Å². The fourth-order valence-corrected chi connectivity index (χ4v) is 3.36. The summed E-state index contributed by atoms with van der Waals surface area (Å²) in [6.45, 7) is 1.28. The van der Waals surface area contributed by atoms with Crippen LogP contribution in [0.15, 0.2) is 18.2 Å². The first-order valence-corrected chi connectivity index (χ1v) is 8.57. The molecule has 2 aliphatic heterocycles. The summed E-state index contributed by atoms with van der Waals surface area (Å²) >= 11 is 0. The zero-order chi connectivity index (χ0) is 17.1. The summed E-state index contributed by atoms with van der Waals surface area (Å²) in [4.78, 5) is 13.5. The highest BCUT2D eigenvalue weighted by atomic mass is 19.1. The van der Waals surface area contributed by atoms with Crippen molar-refractivity contribution >= 4 is 5.91 Å². The van der Waals surface area contributed by atoms with Crippen LogP contribution < -0.4 is 10.1 Å². The number of likely N-dealkylation sites (N-methyl/N-ethyl adjacent to an activating group) is 1. The summed E-state index contributed by atoms with van der Waals surface area (Å²) < 4.78 is 24.9. The summed E-state index contributed by atoms with van der Waals surface area (Å²) in [5, 5.41) is 3.52. The minimum atomic E-state index is -0.328. The van der Waals surface area contributed by atoms with Crippen molar-refractivity contribution in [2.24, 2.45) is 0 Å². The molecule has 0 aliphatic carbocycles. The molecule has 132 valence electrons. The van der Waals surface area contributed by atoms with Crippen LogP contribution in [0, 0.1) is 5.82 Å². The summed E-state index contributed by atoms with van der Waals surface area (Å²) in [5.74, 6) is 0.373. The summed E-state index contributed by atoms with van der Waals surface area (Å²) in [6.07, 6.45) is 3.19. The van der Waals surface area contributed by atoms with E-state index >= 15 is 0 Å². The Morgan fingerprint density at radius 3 is 2.96 bits per heavy atom. The second kappa shape index (κ2) is 7.49. The van der Waals surface area contributed by atoms with Gasteiger partial charge in [-0.3, -0.25) is 4.79 Å². The number of halogens is 1. The third-order valence-corrected chi connectivity index (χ3v) is 4.66. The average molecular weight is 336 g/mol. The lowest BCUT2D eigenvalue weighted by molar-refractivity contribution is -0.140. The smallest absolute Gasteiger partial charge is 0.251 e. The van der Waals surface area contributed by atoms with Crippen molar-refractivity contribution in [2.75, 3.05) is 27.2 Å². The molecule has 1 saturated heterocycles. The zero-order valence-corrected chi connectivity index (χ0v) is 14.3. The Hall–Kier alpha value is -1.66. The molecule has 0 spiro atoms. The molecular formula is C18H25FN2O3. The molecule has 1 fully saturated rings. The van der Waals surface area contributed by atoms with Gasteiger partial charge in [-0.05, 0) is 31.7 Å². The van der Waals surface area contributed by atoms with Crippen LogP contribution in [0.5, 0.6) is 5.75 Å². The monoisotopic (exact) mass is 336 g/mol. The van der Waals surface area contributed by atoms with Gasteiger partial charge in [-0.1, -0.05) is 6.07 Å². The van der Waals surface area contributed by atoms with E-state index in [4.69, 9.17) is 9.47 Å². The molecule has 1 aromatic rings.